The van der Waals surface area contributed by atoms with Gasteiger partial charge in [0.05, 0.1) is 12.1 Å². The first-order chi connectivity index (χ1) is 8.97. The second kappa shape index (κ2) is 6.72. The molecule has 1 aliphatic heterocycles. The van der Waals surface area contributed by atoms with Crippen LogP contribution in [0.15, 0.2) is 18.2 Å². The van der Waals surface area contributed by atoms with E-state index in [-0.39, 0.29) is 30.3 Å². The summed E-state index contributed by atoms with van der Waals surface area (Å²) in [7, 11) is 0. The molecule has 110 valence electrons. The summed E-state index contributed by atoms with van der Waals surface area (Å²) in [5.41, 5.74) is 8.52. The molecule has 0 aromatic heterocycles. The molecule has 2 rings (SSSR count). The third kappa shape index (κ3) is 3.71. The van der Waals surface area contributed by atoms with Crippen molar-refractivity contribution in [1.82, 2.24) is 5.32 Å². The summed E-state index contributed by atoms with van der Waals surface area (Å²) < 4.78 is 0. The Balaban J connectivity index is 0.00000200. The average molecular weight is 298 g/mol. The molecule has 0 fully saturated rings. The van der Waals surface area contributed by atoms with Gasteiger partial charge in [0.15, 0.2) is 0 Å². The maximum Gasteiger partial charge on any atom is 0.237 e. The van der Waals surface area contributed by atoms with Gasteiger partial charge in [-0.15, -0.1) is 12.4 Å². The highest BCUT2D eigenvalue weighted by atomic mass is 35.5. The number of carbonyl (C=O) groups is 2. The van der Waals surface area contributed by atoms with Crippen molar-refractivity contribution in [1.29, 1.82) is 0 Å². The van der Waals surface area contributed by atoms with Crippen molar-refractivity contribution in [3.8, 4) is 0 Å². The van der Waals surface area contributed by atoms with Crippen LogP contribution in [0, 0.1) is 0 Å². The molecule has 2 amide bonds. The molecule has 0 spiro atoms. The number of hydrogen-bond acceptors (Lipinski definition) is 3. The van der Waals surface area contributed by atoms with E-state index in [9.17, 15) is 9.59 Å². The maximum absolute atomic E-state index is 11.6. The molecular weight excluding hydrogens is 278 g/mol. The van der Waals surface area contributed by atoms with Crippen LogP contribution >= 0.6 is 12.4 Å². The number of benzene rings is 1. The van der Waals surface area contributed by atoms with Crippen LogP contribution in [0.4, 0.5) is 5.69 Å². The fraction of sp³-hybridized carbons (Fsp3) is 0.429. The highest BCUT2D eigenvalue weighted by molar-refractivity contribution is 5.93. The van der Waals surface area contributed by atoms with E-state index in [2.05, 4.69) is 10.6 Å². The minimum Gasteiger partial charge on any atom is -0.348 e. The molecule has 0 bridgehead atoms. The van der Waals surface area contributed by atoms with Gasteiger partial charge in [-0.3, -0.25) is 9.59 Å². The molecule has 0 saturated carbocycles. The van der Waals surface area contributed by atoms with E-state index in [4.69, 9.17) is 5.73 Å². The molecular formula is C14H20ClN3O2. The highest BCUT2D eigenvalue weighted by Gasteiger charge is 2.17. The topological polar surface area (TPSA) is 84.2 Å². The minimum absolute atomic E-state index is 0. The molecule has 1 unspecified atom stereocenters. The molecule has 20 heavy (non-hydrogen) atoms. The van der Waals surface area contributed by atoms with Gasteiger partial charge in [-0.2, -0.15) is 0 Å². The van der Waals surface area contributed by atoms with E-state index in [0.29, 0.717) is 6.42 Å². The molecule has 1 aromatic rings. The number of nitrogens with two attached hydrogens (primary N) is 1. The quantitative estimate of drug-likeness (QED) is 0.791. The Labute approximate surface area is 124 Å². The SMILES string of the molecule is CC(NC(=O)[C@@H](C)N)c1ccc2c(c1)CCC(=O)N2.Cl. The van der Waals surface area contributed by atoms with Crippen molar-refractivity contribution in [2.45, 2.75) is 38.8 Å². The molecule has 4 N–H and O–H groups in total. The van der Waals surface area contributed by atoms with Gasteiger partial charge >= 0.3 is 0 Å². The number of halogens is 1. The summed E-state index contributed by atoms with van der Waals surface area (Å²) in [4.78, 5) is 22.8. The number of fused-ring (bicyclic) bond motifs is 1. The Kier molecular flexibility index (Phi) is 5.53. The van der Waals surface area contributed by atoms with Crippen molar-refractivity contribution in [3.63, 3.8) is 0 Å². The standard InChI is InChI=1S/C14H19N3O2.ClH/c1-8(15)14(19)16-9(2)10-3-5-12-11(7-10)4-6-13(18)17-12;/h3,5,7-9H,4,6,15H2,1-2H3,(H,16,19)(H,17,18);1H/t8-,9?;/m1./s1. The summed E-state index contributed by atoms with van der Waals surface area (Å²) in [5, 5.41) is 5.70. The zero-order chi connectivity index (χ0) is 14.0. The average Bonchev–Trinajstić information content (AvgIpc) is 2.37. The molecule has 1 heterocycles. The van der Waals surface area contributed by atoms with Gasteiger partial charge in [0, 0.05) is 12.1 Å². The van der Waals surface area contributed by atoms with Crippen LogP contribution in [-0.2, 0) is 16.0 Å². The van der Waals surface area contributed by atoms with Crippen LogP contribution in [-0.4, -0.2) is 17.9 Å². The van der Waals surface area contributed by atoms with Crippen LogP contribution in [0.25, 0.3) is 0 Å². The van der Waals surface area contributed by atoms with Crippen LogP contribution in [0.2, 0.25) is 0 Å². The van der Waals surface area contributed by atoms with Gasteiger partial charge in [-0.1, -0.05) is 12.1 Å². The maximum atomic E-state index is 11.6. The lowest BCUT2D eigenvalue weighted by Crippen LogP contribution is -2.39. The van der Waals surface area contributed by atoms with Gasteiger partial charge in [-0.05, 0) is 37.5 Å². The molecule has 0 saturated heterocycles. The largest absolute Gasteiger partial charge is 0.348 e. The van der Waals surface area contributed by atoms with Gasteiger partial charge < -0.3 is 16.4 Å². The third-order valence-corrected chi connectivity index (χ3v) is 3.30. The Morgan fingerprint density at radius 2 is 2.05 bits per heavy atom. The summed E-state index contributed by atoms with van der Waals surface area (Å²) in [5.74, 6) is -0.114. The monoisotopic (exact) mass is 297 g/mol. The predicted molar refractivity (Wildman–Crippen MR) is 80.8 cm³/mol. The van der Waals surface area contributed by atoms with E-state index in [1.54, 1.807) is 6.92 Å². The van der Waals surface area contributed by atoms with Crippen molar-refractivity contribution in [2.24, 2.45) is 5.73 Å². The van der Waals surface area contributed by atoms with Gasteiger partial charge in [-0.25, -0.2) is 0 Å². The summed E-state index contributed by atoms with van der Waals surface area (Å²) >= 11 is 0. The second-order valence-electron chi connectivity index (χ2n) is 4.98. The number of anilines is 1. The number of amides is 2. The van der Waals surface area contributed by atoms with E-state index < -0.39 is 6.04 Å². The molecule has 2 atom stereocenters. The van der Waals surface area contributed by atoms with Crippen LogP contribution in [0.1, 0.15) is 37.4 Å². The van der Waals surface area contributed by atoms with Crippen molar-refractivity contribution >= 4 is 29.9 Å². The Morgan fingerprint density at radius 1 is 1.35 bits per heavy atom. The molecule has 5 nitrogen and oxygen atoms in total. The first-order valence-corrected chi connectivity index (χ1v) is 6.46. The highest BCUT2D eigenvalue weighted by Crippen LogP contribution is 2.26. The lowest BCUT2D eigenvalue weighted by atomic mass is 9.97. The number of aryl methyl sites for hydroxylation is 1. The molecule has 1 aliphatic rings. The Hall–Kier alpha value is -1.59. The lowest BCUT2D eigenvalue weighted by Gasteiger charge is -2.21. The lowest BCUT2D eigenvalue weighted by molar-refractivity contribution is -0.122. The van der Waals surface area contributed by atoms with Crippen molar-refractivity contribution in [2.75, 3.05) is 5.32 Å². The number of carbonyl (C=O) groups excluding carboxylic acids is 2. The Morgan fingerprint density at radius 3 is 2.70 bits per heavy atom. The molecule has 0 radical (unpaired) electrons. The zero-order valence-electron chi connectivity index (χ0n) is 11.6. The van der Waals surface area contributed by atoms with E-state index in [1.807, 2.05) is 25.1 Å². The van der Waals surface area contributed by atoms with Crippen molar-refractivity contribution in [3.05, 3.63) is 29.3 Å². The molecule has 6 heteroatoms. The Bertz CT molecular complexity index is 517. The van der Waals surface area contributed by atoms with Crippen molar-refractivity contribution < 1.29 is 9.59 Å². The minimum atomic E-state index is -0.514. The molecule has 1 aromatic carbocycles. The normalized spacial score (nSPS) is 16.2. The molecule has 0 aliphatic carbocycles. The number of rotatable bonds is 3. The first kappa shape index (κ1) is 16.5. The van der Waals surface area contributed by atoms with E-state index in [1.165, 1.54) is 0 Å². The fourth-order valence-corrected chi connectivity index (χ4v) is 2.10. The number of hydrogen-bond donors (Lipinski definition) is 3. The first-order valence-electron chi connectivity index (χ1n) is 6.46. The van der Waals surface area contributed by atoms with Crippen LogP contribution in [0.5, 0.6) is 0 Å². The van der Waals surface area contributed by atoms with Gasteiger partial charge in [0.25, 0.3) is 0 Å². The smallest absolute Gasteiger partial charge is 0.237 e. The predicted octanol–water partition coefficient (Wildman–Crippen LogP) is 1.52. The second-order valence-corrected chi connectivity index (χ2v) is 4.98. The summed E-state index contributed by atoms with van der Waals surface area (Å²) in [6.45, 7) is 3.58. The van der Waals surface area contributed by atoms with Gasteiger partial charge in [0.1, 0.15) is 0 Å². The fourth-order valence-electron chi connectivity index (χ4n) is 2.10. The van der Waals surface area contributed by atoms with E-state index in [0.717, 1.165) is 23.2 Å². The van der Waals surface area contributed by atoms with Crippen LogP contribution < -0.4 is 16.4 Å². The van der Waals surface area contributed by atoms with Crippen LogP contribution in [0.3, 0.4) is 0 Å². The summed E-state index contributed by atoms with van der Waals surface area (Å²) in [6, 6.07) is 5.22. The van der Waals surface area contributed by atoms with E-state index >= 15 is 0 Å². The van der Waals surface area contributed by atoms with Gasteiger partial charge in [0.2, 0.25) is 11.8 Å². The zero-order valence-corrected chi connectivity index (χ0v) is 12.4. The summed E-state index contributed by atoms with van der Waals surface area (Å²) in [6.07, 6.45) is 1.25. The number of nitrogens with one attached hydrogen (secondary N) is 2. The third-order valence-electron chi connectivity index (χ3n) is 3.30.